The maximum atomic E-state index is 9.98. The van der Waals surface area contributed by atoms with E-state index in [1.165, 1.54) is 0 Å². The molecule has 1 aromatic heterocycles. The minimum atomic E-state index is 0.303. The van der Waals surface area contributed by atoms with Gasteiger partial charge in [0.15, 0.2) is 0 Å². The van der Waals surface area contributed by atoms with E-state index in [4.69, 9.17) is 16.0 Å². The molecule has 1 aromatic carbocycles. The largest absolute Gasteiger partial charge is 0.468 e. The van der Waals surface area contributed by atoms with Gasteiger partial charge in [-0.3, -0.25) is 4.79 Å². The molecule has 0 saturated heterocycles. The molecule has 15 heavy (non-hydrogen) atoms. The first-order valence-corrected chi connectivity index (χ1v) is 4.90. The smallest absolute Gasteiger partial charge is 0.293 e. The van der Waals surface area contributed by atoms with Gasteiger partial charge in [-0.1, -0.05) is 23.7 Å². The Morgan fingerprint density at radius 2 is 2.33 bits per heavy atom. The molecule has 0 saturated carbocycles. The number of hydrogen-bond donors (Lipinski definition) is 0. The van der Waals surface area contributed by atoms with E-state index in [9.17, 15) is 4.79 Å². The first kappa shape index (κ1) is 10.1. The normalized spacial score (nSPS) is 10.5. The average molecular weight is 225 g/mol. The summed E-state index contributed by atoms with van der Waals surface area (Å²) < 4.78 is 9.97. The molecule has 0 aliphatic rings. The monoisotopic (exact) mass is 224 g/mol. The van der Waals surface area contributed by atoms with Crippen LogP contribution in [0.15, 0.2) is 28.9 Å². The van der Waals surface area contributed by atoms with Crippen molar-refractivity contribution in [2.24, 2.45) is 0 Å². The molecule has 0 aliphatic heterocycles. The van der Waals surface area contributed by atoms with Crippen LogP contribution in [0.3, 0.4) is 0 Å². The highest BCUT2D eigenvalue weighted by molar-refractivity contribution is 6.35. The molecule has 0 aliphatic carbocycles. The number of carbonyl (C=O) groups excluding carboxylic acids is 1. The van der Waals surface area contributed by atoms with Gasteiger partial charge < -0.3 is 9.15 Å². The number of fused-ring (bicyclic) bond motifs is 1. The molecule has 0 bridgehead atoms. The van der Waals surface area contributed by atoms with E-state index in [1.54, 1.807) is 6.26 Å². The molecule has 4 heteroatoms. The van der Waals surface area contributed by atoms with Gasteiger partial charge in [-0.2, -0.15) is 0 Å². The van der Waals surface area contributed by atoms with Gasteiger partial charge in [-0.15, -0.1) is 0 Å². The summed E-state index contributed by atoms with van der Waals surface area (Å²) in [4.78, 5) is 9.98. The zero-order valence-corrected chi connectivity index (χ0v) is 8.66. The third-order valence-electron chi connectivity index (χ3n) is 2.17. The first-order valence-electron chi connectivity index (χ1n) is 4.53. The van der Waals surface area contributed by atoms with Crippen LogP contribution in [0.2, 0.25) is 5.02 Å². The van der Waals surface area contributed by atoms with E-state index >= 15 is 0 Å². The number of halogens is 1. The summed E-state index contributed by atoms with van der Waals surface area (Å²) in [6, 6.07) is 5.60. The van der Waals surface area contributed by atoms with E-state index in [0.717, 1.165) is 16.5 Å². The van der Waals surface area contributed by atoms with E-state index in [2.05, 4.69) is 4.74 Å². The van der Waals surface area contributed by atoms with Gasteiger partial charge in [0.1, 0.15) is 5.76 Å². The summed E-state index contributed by atoms with van der Waals surface area (Å²) in [5.41, 5.74) is 0. The van der Waals surface area contributed by atoms with Gasteiger partial charge in [-0.25, -0.2) is 0 Å². The van der Waals surface area contributed by atoms with Crippen molar-refractivity contribution in [3.8, 4) is 0 Å². The van der Waals surface area contributed by atoms with Crippen molar-refractivity contribution < 1.29 is 13.9 Å². The van der Waals surface area contributed by atoms with Crippen LogP contribution in [-0.2, 0) is 16.0 Å². The van der Waals surface area contributed by atoms with Gasteiger partial charge in [0.25, 0.3) is 6.47 Å². The fourth-order valence-corrected chi connectivity index (χ4v) is 1.80. The minimum Gasteiger partial charge on any atom is -0.468 e. The maximum absolute atomic E-state index is 9.98. The summed E-state index contributed by atoms with van der Waals surface area (Å²) in [7, 11) is 0. The lowest BCUT2D eigenvalue weighted by molar-refractivity contribution is -0.128. The third kappa shape index (κ3) is 1.97. The molecular formula is C11H9ClO3. The summed E-state index contributed by atoms with van der Waals surface area (Å²) in [5, 5.41) is 2.51. The second-order valence-corrected chi connectivity index (χ2v) is 3.49. The SMILES string of the molecule is O=COCCc1occ2cccc(Cl)c12. The fraction of sp³-hybridized carbons (Fsp3) is 0.182. The Bertz CT molecular complexity index is 476. The van der Waals surface area contributed by atoms with Crippen molar-refractivity contribution in [3.63, 3.8) is 0 Å². The molecule has 3 nitrogen and oxygen atoms in total. The Morgan fingerprint density at radius 1 is 1.47 bits per heavy atom. The third-order valence-corrected chi connectivity index (χ3v) is 2.48. The van der Waals surface area contributed by atoms with E-state index in [0.29, 0.717) is 24.5 Å². The van der Waals surface area contributed by atoms with Gasteiger partial charge in [-0.05, 0) is 6.07 Å². The molecule has 0 amide bonds. The minimum absolute atomic E-state index is 0.303. The standard InChI is InChI=1S/C11H9ClO3/c12-9-3-1-2-8-6-15-10(11(8)9)4-5-14-7-13/h1-3,6-7H,4-5H2. The summed E-state index contributed by atoms with van der Waals surface area (Å²) in [6.45, 7) is 0.726. The number of rotatable bonds is 4. The van der Waals surface area contributed by atoms with E-state index in [1.807, 2.05) is 18.2 Å². The zero-order valence-electron chi connectivity index (χ0n) is 7.90. The molecular weight excluding hydrogens is 216 g/mol. The first-order chi connectivity index (χ1) is 7.33. The molecule has 1 heterocycles. The highest BCUT2D eigenvalue weighted by Crippen LogP contribution is 2.28. The quantitative estimate of drug-likeness (QED) is 0.592. The Kier molecular flexibility index (Phi) is 2.92. The molecule has 0 atom stereocenters. The second kappa shape index (κ2) is 4.36. The lowest BCUT2D eigenvalue weighted by Gasteiger charge is -1.98. The highest BCUT2D eigenvalue weighted by Gasteiger charge is 2.09. The van der Waals surface area contributed by atoms with Crippen LogP contribution in [0.4, 0.5) is 0 Å². The number of ether oxygens (including phenoxy) is 1. The lowest BCUT2D eigenvalue weighted by atomic mass is 10.1. The molecule has 0 radical (unpaired) electrons. The molecule has 2 rings (SSSR count). The van der Waals surface area contributed by atoms with Crippen molar-refractivity contribution in [1.82, 2.24) is 0 Å². The van der Waals surface area contributed by atoms with Crippen molar-refractivity contribution in [2.75, 3.05) is 6.61 Å². The summed E-state index contributed by atoms with van der Waals surface area (Å²) >= 11 is 6.05. The predicted octanol–water partition coefficient (Wildman–Crippen LogP) is 2.80. The van der Waals surface area contributed by atoms with Crippen LogP contribution in [0.1, 0.15) is 5.76 Å². The van der Waals surface area contributed by atoms with Crippen LogP contribution >= 0.6 is 11.6 Å². The lowest BCUT2D eigenvalue weighted by Crippen LogP contribution is -1.95. The van der Waals surface area contributed by atoms with Crippen molar-refractivity contribution in [2.45, 2.75) is 6.42 Å². The second-order valence-electron chi connectivity index (χ2n) is 3.08. The Labute approximate surface area is 91.6 Å². The molecule has 0 unspecified atom stereocenters. The van der Waals surface area contributed by atoms with E-state index in [-0.39, 0.29) is 0 Å². The molecule has 2 aromatic rings. The average Bonchev–Trinajstić information content (AvgIpc) is 2.63. The molecule has 0 N–H and O–H groups in total. The number of benzene rings is 1. The fourth-order valence-electron chi connectivity index (χ4n) is 1.51. The Morgan fingerprint density at radius 3 is 3.13 bits per heavy atom. The van der Waals surface area contributed by atoms with Crippen LogP contribution < -0.4 is 0 Å². The van der Waals surface area contributed by atoms with E-state index < -0.39 is 0 Å². The number of furan rings is 1. The Hall–Kier alpha value is -1.48. The van der Waals surface area contributed by atoms with Crippen LogP contribution in [0.25, 0.3) is 10.8 Å². The number of hydrogen-bond acceptors (Lipinski definition) is 3. The topological polar surface area (TPSA) is 39.4 Å². The molecule has 0 spiro atoms. The maximum Gasteiger partial charge on any atom is 0.293 e. The molecule has 0 fully saturated rings. The van der Waals surface area contributed by atoms with Gasteiger partial charge in [0, 0.05) is 17.2 Å². The molecule has 78 valence electrons. The van der Waals surface area contributed by atoms with Gasteiger partial charge in [0.2, 0.25) is 0 Å². The van der Waals surface area contributed by atoms with Crippen molar-refractivity contribution in [1.29, 1.82) is 0 Å². The number of carbonyl (C=O) groups is 1. The Balaban J connectivity index is 2.31. The van der Waals surface area contributed by atoms with Crippen LogP contribution in [-0.4, -0.2) is 13.1 Å². The van der Waals surface area contributed by atoms with Crippen molar-refractivity contribution in [3.05, 3.63) is 35.2 Å². The summed E-state index contributed by atoms with van der Waals surface area (Å²) in [5.74, 6) is 0.748. The van der Waals surface area contributed by atoms with Crippen LogP contribution in [0.5, 0.6) is 0 Å². The summed E-state index contributed by atoms with van der Waals surface area (Å²) in [6.07, 6.45) is 2.18. The van der Waals surface area contributed by atoms with Crippen LogP contribution in [0, 0.1) is 0 Å². The van der Waals surface area contributed by atoms with Gasteiger partial charge in [0.05, 0.1) is 17.9 Å². The van der Waals surface area contributed by atoms with Crippen molar-refractivity contribution >= 4 is 28.8 Å². The van der Waals surface area contributed by atoms with Gasteiger partial charge >= 0.3 is 0 Å². The predicted molar refractivity (Wildman–Crippen MR) is 56.9 cm³/mol. The highest BCUT2D eigenvalue weighted by atomic mass is 35.5. The zero-order chi connectivity index (χ0) is 10.7.